The second-order valence-corrected chi connectivity index (χ2v) is 6.67. The molecule has 6 heteroatoms. The maximum atomic E-state index is 13.4. The molecular weight excluding hydrogens is 361 g/mol. The fourth-order valence-corrected chi connectivity index (χ4v) is 3.67. The lowest BCUT2D eigenvalue weighted by atomic mass is 9.98. The van der Waals surface area contributed by atoms with Gasteiger partial charge < -0.3 is 14.1 Å². The lowest BCUT2D eigenvalue weighted by Gasteiger charge is -2.25. The fourth-order valence-electron chi connectivity index (χ4n) is 3.67. The molecule has 0 N–H and O–H groups in total. The number of ether oxygens (including phenoxy) is 1. The SMILES string of the molecule is CCOCCCN1C(=O)c2oc3ccccc3c(=O)c2[C@H]1c1ccc(F)cc1. The van der Waals surface area contributed by atoms with Gasteiger partial charge in [0.15, 0.2) is 5.43 Å². The van der Waals surface area contributed by atoms with Crippen molar-refractivity contribution in [1.82, 2.24) is 4.90 Å². The number of para-hydroxylation sites is 1. The summed E-state index contributed by atoms with van der Waals surface area (Å²) in [7, 11) is 0. The topological polar surface area (TPSA) is 59.8 Å². The molecule has 1 atom stereocenters. The lowest BCUT2D eigenvalue weighted by Crippen LogP contribution is -2.31. The van der Waals surface area contributed by atoms with Gasteiger partial charge >= 0.3 is 0 Å². The van der Waals surface area contributed by atoms with Gasteiger partial charge in [0.05, 0.1) is 17.0 Å². The zero-order valence-corrected chi connectivity index (χ0v) is 15.5. The molecular formula is C22H20FNO4. The molecule has 2 aromatic carbocycles. The van der Waals surface area contributed by atoms with Crippen LogP contribution < -0.4 is 5.43 Å². The molecule has 1 amide bonds. The zero-order chi connectivity index (χ0) is 19.7. The van der Waals surface area contributed by atoms with Crippen LogP contribution in [0.15, 0.2) is 57.7 Å². The minimum absolute atomic E-state index is 0.0643. The molecule has 1 aromatic heterocycles. The average Bonchev–Trinajstić information content (AvgIpc) is 2.98. The van der Waals surface area contributed by atoms with Gasteiger partial charge in [0, 0.05) is 19.8 Å². The van der Waals surface area contributed by atoms with Crippen LogP contribution in [0.1, 0.15) is 41.1 Å². The van der Waals surface area contributed by atoms with Crippen molar-refractivity contribution in [2.24, 2.45) is 0 Å². The van der Waals surface area contributed by atoms with Crippen molar-refractivity contribution in [2.75, 3.05) is 19.8 Å². The molecule has 144 valence electrons. The zero-order valence-electron chi connectivity index (χ0n) is 15.5. The number of halogens is 1. The number of hydrogen-bond acceptors (Lipinski definition) is 4. The van der Waals surface area contributed by atoms with Crippen molar-refractivity contribution in [3.63, 3.8) is 0 Å². The third-order valence-corrected chi connectivity index (χ3v) is 4.95. The normalized spacial score (nSPS) is 16.0. The smallest absolute Gasteiger partial charge is 0.290 e. The number of nitrogens with zero attached hydrogens (tertiary/aromatic N) is 1. The predicted molar refractivity (Wildman–Crippen MR) is 103 cm³/mol. The van der Waals surface area contributed by atoms with E-state index in [1.165, 1.54) is 12.1 Å². The van der Waals surface area contributed by atoms with E-state index in [1.807, 2.05) is 6.92 Å². The first-order valence-electron chi connectivity index (χ1n) is 9.31. The van der Waals surface area contributed by atoms with Crippen LogP contribution in [0.5, 0.6) is 0 Å². The van der Waals surface area contributed by atoms with Gasteiger partial charge in [0.1, 0.15) is 11.4 Å². The second-order valence-electron chi connectivity index (χ2n) is 6.67. The van der Waals surface area contributed by atoms with E-state index in [4.69, 9.17) is 9.15 Å². The standard InChI is InChI=1S/C22H20FNO4/c1-2-27-13-5-12-24-19(14-8-10-15(23)11-9-14)18-20(25)16-6-3-4-7-17(16)28-21(18)22(24)26/h3-4,6-11,19H,2,5,12-13H2,1H3/t19-/m1/s1. The van der Waals surface area contributed by atoms with E-state index in [2.05, 4.69) is 0 Å². The average molecular weight is 381 g/mol. The highest BCUT2D eigenvalue weighted by Gasteiger charge is 2.42. The van der Waals surface area contributed by atoms with Crippen LogP contribution in [-0.2, 0) is 4.74 Å². The first-order chi connectivity index (χ1) is 13.6. The number of rotatable bonds is 6. The Kier molecular flexibility index (Phi) is 4.96. The maximum absolute atomic E-state index is 13.4. The first kappa shape index (κ1) is 18.4. The largest absolute Gasteiger partial charge is 0.450 e. The molecule has 0 spiro atoms. The molecule has 3 aromatic rings. The minimum atomic E-state index is -0.606. The van der Waals surface area contributed by atoms with E-state index in [1.54, 1.807) is 41.3 Å². The quantitative estimate of drug-likeness (QED) is 0.608. The van der Waals surface area contributed by atoms with Gasteiger partial charge in [-0.2, -0.15) is 0 Å². The summed E-state index contributed by atoms with van der Waals surface area (Å²) < 4.78 is 24.7. The third kappa shape index (κ3) is 3.10. The van der Waals surface area contributed by atoms with E-state index in [0.29, 0.717) is 48.3 Å². The summed E-state index contributed by atoms with van der Waals surface area (Å²) in [6.45, 7) is 3.42. The van der Waals surface area contributed by atoms with E-state index < -0.39 is 6.04 Å². The van der Waals surface area contributed by atoms with Gasteiger partial charge in [-0.15, -0.1) is 0 Å². The second kappa shape index (κ2) is 7.56. The van der Waals surface area contributed by atoms with Gasteiger partial charge in [0.2, 0.25) is 5.76 Å². The van der Waals surface area contributed by atoms with Crippen LogP contribution in [0.4, 0.5) is 4.39 Å². The monoisotopic (exact) mass is 381 g/mol. The van der Waals surface area contributed by atoms with Gasteiger partial charge in [-0.3, -0.25) is 9.59 Å². The van der Waals surface area contributed by atoms with E-state index in [9.17, 15) is 14.0 Å². The number of carbonyl (C=O) groups is 1. The van der Waals surface area contributed by atoms with Crippen molar-refractivity contribution >= 4 is 16.9 Å². The Morgan fingerprint density at radius 1 is 1.11 bits per heavy atom. The summed E-state index contributed by atoms with van der Waals surface area (Å²) in [5, 5.41) is 0.428. The van der Waals surface area contributed by atoms with E-state index in [-0.39, 0.29) is 22.9 Å². The number of fused-ring (bicyclic) bond motifs is 2. The summed E-state index contributed by atoms with van der Waals surface area (Å²) in [4.78, 5) is 27.9. The minimum Gasteiger partial charge on any atom is -0.450 e. The van der Waals surface area contributed by atoms with E-state index >= 15 is 0 Å². The van der Waals surface area contributed by atoms with Crippen LogP contribution in [0.25, 0.3) is 11.0 Å². The molecule has 0 fully saturated rings. The fraction of sp³-hybridized carbons (Fsp3) is 0.273. The Hall–Kier alpha value is -2.99. The van der Waals surface area contributed by atoms with Crippen molar-refractivity contribution in [3.8, 4) is 0 Å². The molecule has 5 nitrogen and oxygen atoms in total. The Morgan fingerprint density at radius 2 is 1.86 bits per heavy atom. The highest BCUT2D eigenvalue weighted by molar-refractivity contribution is 5.99. The molecule has 0 saturated carbocycles. The molecule has 0 radical (unpaired) electrons. The van der Waals surface area contributed by atoms with E-state index in [0.717, 1.165) is 0 Å². The molecule has 1 aliphatic heterocycles. The Bertz CT molecular complexity index is 1070. The van der Waals surface area contributed by atoms with Crippen LogP contribution >= 0.6 is 0 Å². The summed E-state index contributed by atoms with van der Waals surface area (Å²) in [6.07, 6.45) is 0.624. The van der Waals surface area contributed by atoms with Gasteiger partial charge in [-0.1, -0.05) is 24.3 Å². The highest BCUT2D eigenvalue weighted by Crippen LogP contribution is 2.38. The Morgan fingerprint density at radius 3 is 2.61 bits per heavy atom. The van der Waals surface area contributed by atoms with Gasteiger partial charge in [-0.05, 0) is 43.2 Å². The molecule has 1 aliphatic rings. The molecule has 28 heavy (non-hydrogen) atoms. The molecule has 0 bridgehead atoms. The van der Waals surface area contributed by atoms with Crippen LogP contribution in [0.2, 0.25) is 0 Å². The van der Waals surface area contributed by atoms with Crippen molar-refractivity contribution in [2.45, 2.75) is 19.4 Å². The van der Waals surface area contributed by atoms with Crippen LogP contribution in [0.3, 0.4) is 0 Å². The summed E-state index contributed by atoms with van der Waals surface area (Å²) >= 11 is 0. The summed E-state index contributed by atoms with van der Waals surface area (Å²) in [5.41, 5.74) is 1.14. The Labute approximate surface area is 161 Å². The summed E-state index contributed by atoms with van der Waals surface area (Å²) in [5.74, 6) is -0.639. The summed E-state index contributed by atoms with van der Waals surface area (Å²) in [6, 6.07) is 12.1. The number of hydrogen-bond donors (Lipinski definition) is 0. The number of benzene rings is 2. The first-order valence-corrected chi connectivity index (χ1v) is 9.31. The lowest BCUT2D eigenvalue weighted by molar-refractivity contribution is 0.0696. The highest BCUT2D eigenvalue weighted by atomic mass is 19.1. The van der Waals surface area contributed by atoms with Crippen molar-refractivity contribution in [1.29, 1.82) is 0 Å². The van der Waals surface area contributed by atoms with Crippen molar-refractivity contribution < 1.29 is 18.3 Å². The molecule has 0 saturated heterocycles. The van der Waals surface area contributed by atoms with Gasteiger partial charge in [0.25, 0.3) is 5.91 Å². The van der Waals surface area contributed by atoms with Crippen LogP contribution in [-0.4, -0.2) is 30.6 Å². The van der Waals surface area contributed by atoms with Gasteiger partial charge in [-0.25, -0.2) is 4.39 Å². The number of carbonyl (C=O) groups excluding carboxylic acids is 1. The molecule has 4 rings (SSSR count). The predicted octanol–water partition coefficient (Wildman–Crippen LogP) is 3.90. The number of amides is 1. The molecule has 2 heterocycles. The third-order valence-electron chi connectivity index (χ3n) is 4.95. The van der Waals surface area contributed by atoms with Crippen LogP contribution in [0, 0.1) is 5.82 Å². The molecule has 0 unspecified atom stereocenters. The maximum Gasteiger partial charge on any atom is 0.290 e. The Balaban J connectivity index is 1.84. The van der Waals surface area contributed by atoms with Crippen molar-refractivity contribution in [3.05, 3.63) is 81.5 Å². The molecule has 0 aliphatic carbocycles.